The minimum Gasteiger partial charge on any atom is -0.370 e. The number of nitrogens with zero attached hydrogens (tertiary/aromatic N) is 5. The summed E-state index contributed by atoms with van der Waals surface area (Å²) in [6.07, 6.45) is 5.40. The Labute approximate surface area is 195 Å². The third-order valence-corrected chi connectivity index (χ3v) is 6.70. The molecule has 172 valence electrons. The first-order valence-corrected chi connectivity index (χ1v) is 11.8. The number of aromatic nitrogens is 4. The average Bonchev–Trinajstić information content (AvgIpc) is 3.32. The fourth-order valence-corrected chi connectivity index (χ4v) is 5.15. The molecule has 7 heteroatoms. The number of fused-ring (bicyclic) bond motifs is 6. The number of anilines is 3. The van der Waals surface area contributed by atoms with Crippen molar-refractivity contribution in [2.24, 2.45) is 5.92 Å². The number of hydrogen-bond donors (Lipinski definition) is 2. The molecule has 1 unspecified atom stereocenters. The summed E-state index contributed by atoms with van der Waals surface area (Å²) in [5.74, 6) is 4.08. The summed E-state index contributed by atoms with van der Waals surface area (Å²) >= 11 is 0. The topological polar surface area (TPSA) is 70.9 Å². The molecule has 3 aromatic rings. The van der Waals surface area contributed by atoms with Gasteiger partial charge in [-0.2, -0.15) is 5.10 Å². The lowest BCUT2D eigenvalue weighted by atomic mass is 9.93. The summed E-state index contributed by atoms with van der Waals surface area (Å²) in [5, 5.41) is 11.5. The van der Waals surface area contributed by atoms with Crippen molar-refractivity contribution in [1.29, 1.82) is 0 Å². The molecule has 0 aromatic carbocycles. The molecule has 0 aliphatic carbocycles. The second-order valence-corrected chi connectivity index (χ2v) is 10.0. The van der Waals surface area contributed by atoms with Crippen LogP contribution in [0.1, 0.15) is 49.9 Å². The van der Waals surface area contributed by atoms with Gasteiger partial charge in [0.2, 0.25) is 0 Å². The van der Waals surface area contributed by atoms with Gasteiger partial charge in [0.15, 0.2) is 5.82 Å². The molecule has 33 heavy (non-hydrogen) atoms. The van der Waals surface area contributed by atoms with Crippen LogP contribution in [0.15, 0.2) is 43.1 Å². The first-order chi connectivity index (χ1) is 15.8. The Kier molecular flexibility index (Phi) is 5.35. The molecule has 5 heterocycles. The largest absolute Gasteiger partial charge is 0.370 e. The van der Waals surface area contributed by atoms with Crippen molar-refractivity contribution < 1.29 is 0 Å². The van der Waals surface area contributed by atoms with Crippen LogP contribution in [0.3, 0.4) is 0 Å². The Morgan fingerprint density at radius 3 is 2.70 bits per heavy atom. The monoisotopic (exact) mass is 443 g/mol. The normalized spacial score (nSPS) is 19.9. The van der Waals surface area contributed by atoms with E-state index in [9.17, 15) is 0 Å². The van der Waals surface area contributed by atoms with Gasteiger partial charge in [-0.1, -0.05) is 6.58 Å². The Hall–Kier alpha value is -3.35. The van der Waals surface area contributed by atoms with E-state index >= 15 is 0 Å². The SMILES string of the molecule is C=C1Nc2cc(C)cc(n2)NCCCC2CN(c3nc(-n4ccc(C)n4)ccc31)C(C)(C)C2. The molecule has 7 nitrogen and oxygen atoms in total. The zero-order chi connectivity index (χ0) is 23.2. The summed E-state index contributed by atoms with van der Waals surface area (Å²) in [6, 6.07) is 10.3. The fourth-order valence-electron chi connectivity index (χ4n) is 5.15. The molecular weight excluding hydrogens is 410 g/mol. The third kappa shape index (κ3) is 4.32. The number of aryl methyl sites for hydroxylation is 2. The van der Waals surface area contributed by atoms with Gasteiger partial charge in [-0.15, -0.1) is 0 Å². The van der Waals surface area contributed by atoms with Gasteiger partial charge in [0.25, 0.3) is 0 Å². The minimum atomic E-state index is 0.00535. The van der Waals surface area contributed by atoms with Crippen molar-refractivity contribution in [2.75, 3.05) is 28.6 Å². The van der Waals surface area contributed by atoms with Crippen LogP contribution < -0.4 is 15.5 Å². The maximum atomic E-state index is 5.13. The molecule has 1 atom stereocenters. The highest BCUT2D eigenvalue weighted by Gasteiger charge is 2.40. The van der Waals surface area contributed by atoms with Crippen LogP contribution in [-0.2, 0) is 0 Å². The molecule has 1 fully saturated rings. The Bertz CT molecular complexity index is 1190. The van der Waals surface area contributed by atoms with Gasteiger partial charge >= 0.3 is 0 Å². The molecule has 5 rings (SSSR count). The number of hydrogen-bond acceptors (Lipinski definition) is 6. The van der Waals surface area contributed by atoms with Crippen LogP contribution in [0.4, 0.5) is 17.5 Å². The highest BCUT2D eigenvalue weighted by molar-refractivity contribution is 5.81. The van der Waals surface area contributed by atoms with Crippen molar-refractivity contribution in [3.8, 4) is 5.82 Å². The van der Waals surface area contributed by atoms with Gasteiger partial charge in [0.05, 0.1) is 5.69 Å². The first kappa shape index (κ1) is 21.5. The maximum Gasteiger partial charge on any atom is 0.155 e. The van der Waals surface area contributed by atoms with E-state index in [2.05, 4.69) is 60.1 Å². The Balaban J connectivity index is 1.61. The lowest BCUT2D eigenvalue weighted by Gasteiger charge is -2.34. The van der Waals surface area contributed by atoms with Gasteiger partial charge in [-0.25, -0.2) is 14.6 Å². The summed E-state index contributed by atoms with van der Waals surface area (Å²) < 4.78 is 1.84. The molecule has 2 aliphatic rings. The van der Waals surface area contributed by atoms with Crippen molar-refractivity contribution in [3.63, 3.8) is 0 Å². The van der Waals surface area contributed by atoms with Crippen LogP contribution in [0, 0.1) is 19.8 Å². The summed E-state index contributed by atoms with van der Waals surface area (Å²) in [6.45, 7) is 15.0. The standard InChI is InChI=1S/C26H33N7/c1-17-13-22-27-11-6-7-20-15-26(4,5)32(16-20)25-21(19(3)28-23(14-17)29-22)8-9-24(30-25)33-12-10-18(2)31-33/h8-10,12-14,20H,3,6-7,11,15-16H2,1-2,4-5H3,(H2,27,28,29). The van der Waals surface area contributed by atoms with E-state index in [-0.39, 0.29) is 5.54 Å². The fraction of sp³-hybridized carbons (Fsp3) is 0.423. The van der Waals surface area contributed by atoms with Gasteiger partial charge in [0, 0.05) is 36.1 Å². The average molecular weight is 444 g/mol. The van der Waals surface area contributed by atoms with Gasteiger partial charge in [0.1, 0.15) is 17.5 Å². The lowest BCUT2D eigenvalue weighted by Crippen LogP contribution is -2.39. The molecule has 2 aliphatic heterocycles. The molecule has 0 amide bonds. The second kappa shape index (κ2) is 8.21. The third-order valence-electron chi connectivity index (χ3n) is 6.70. The van der Waals surface area contributed by atoms with E-state index < -0.39 is 0 Å². The molecule has 2 N–H and O–H groups in total. The van der Waals surface area contributed by atoms with Crippen LogP contribution >= 0.6 is 0 Å². The highest BCUT2D eigenvalue weighted by Crippen LogP contribution is 2.41. The smallest absolute Gasteiger partial charge is 0.155 e. The first-order valence-electron chi connectivity index (χ1n) is 11.8. The molecule has 0 spiro atoms. The summed E-state index contributed by atoms with van der Waals surface area (Å²) in [5.41, 5.74) is 3.92. The van der Waals surface area contributed by atoms with Crippen LogP contribution in [0.2, 0.25) is 0 Å². The predicted molar refractivity (Wildman–Crippen MR) is 135 cm³/mol. The quantitative estimate of drug-likeness (QED) is 0.540. The highest BCUT2D eigenvalue weighted by atomic mass is 15.3. The van der Waals surface area contributed by atoms with E-state index in [1.54, 1.807) is 0 Å². The second-order valence-electron chi connectivity index (χ2n) is 10.0. The maximum absolute atomic E-state index is 5.13. The number of pyridine rings is 2. The molecule has 3 aromatic heterocycles. The van der Waals surface area contributed by atoms with Crippen LogP contribution in [-0.4, -0.2) is 38.4 Å². The van der Waals surface area contributed by atoms with Crippen molar-refractivity contribution in [2.45, 2.75) is 52.5 Å². The number of nitrogens with one attached hydrogen (secondary N) is 2. The zero-order valence-corrected chi connectivity index (χ0v) is 20.0. The van der Waals surface area contributed by atoms with E-state index in [1.807, 2.05) is 36.0 Å². The summed E-state index contributed by atoms with van der Waals surface area (Å²) in [7, 11) is 0. The Morgan fingerprint density at radius 1 is 1.09 bits per heavy atom. The Morgan fingerprint density at radius 2 is 1.91 bits per heavy atom. The predicted octanol–water partition coefficient (Wildman–Crippen LogP) is 5.17. The lowest BCUT2D eigenvalue weighted by molar-refractivity contribution is 0.448. The minimum absolute atomic E-state index is 0.00535. The van der Waals surface area contributed by atoms with Crippen molar-refractivity contribution >= 4 is 23.2 Å². The van der Waals surface area contributed by atoms with Gasteiger partial charge in [-0.3, -0.25) is 0 Å². The molecular formula is C26H33N7. The zero-order valence-electron chi connectivity index (χ0n) is 20.0. The van der Waals surface area contributed by atoms with E-state index in [1.165, 1.54) is 6.42 Å². The van der Waals surface area contributed by atoms with Crippen LogP contribution in [0.25, 0.3) is 11.5 Å². The van der Waals surface area contributed by atoms with Gasteiger partial charge < -0.3 is 15.5 Å². The van der Waals surface area contributed by atoms with Crippen molar-refractivity contribution in [1.82, 2.24) is 19.7 Å². The van der Waals surface area contributed by atoms with Gasteiger partial charge in [-0.05, 0) is 88.8 Å². The van der Waals surface area contributed by atoms with E-state index in [4.69, 9.17) is 9.97 Å². The van der Waals surface area contributed by atoms with E-state index in [0.717, 1.165) is 71.7 Å². The molecule has 0 radical (unpaired) electrons. The molecule has 0 saturated carbocycles. The molecule has 1 saturated heterocycles. The summed E-state index contributed by atoms with van der Waals surface area (Å²) in [4.78, 5) is 12.4. The number of rotatable bonds is 1. The van der Waals surface area contributed by atoms with Crippen molar-refractivity contribution in [3.05, 3.63) is 59.9 Å². The molecule has 4 bridgehead atoms. The van der Waals surface area contributed by atoms with Crippen LogP contribution in [0.5, 0.6) is 0 Å². The van der Waals surface area contributed by atoms with E-state index in [0.29, 0.717) is 5.92 Å².